The fourth-order valence-electron chi connectivity index (χ4n) is 17.5. The summed E-state index contributed by atoms with van der Waals surface area (Å²) in [6.07, 6.45) is 20.9. The van der Waals surface area contributed by atoms with Gasteiger partial charge in [0, 0.05) is 107 Å². The van der Waals surface area contributed by atoms with Crippen molar-refractivity contribution in [2.45, 2.75) is 249 Å². The highest BCUT2D eigenvalue weighted by atomic mass is 16.6. The molecule has 0 aromatic carbocycles. The van der Waals surface area contributed by atoms with Crippen molar-refractivity contribution in [1.29, 1.82) is 0 Å². The zero-order chi connectivity index (χ0) is 88.0. The molecule has 13 heterocycles. The van der Waals surface area contributed by atoms with Gasteiger partial charge in [0.25, 0.3) is 23.6 Å². The Balaban J connectivity index is 0.000000149. The van der Waals surface area contributed by atoms with Gasteiger partial charge in [0.05, 0.1) is 35.6 Å². The summed E-state index contributed by atoms with van der Waals surface area (Å²) in [7, 11) is 0. The Morgan fingerprint density at radius 1 is 0.451 bits per heavy atom. The second kappa shape index (κ2) is 36.9. The molecular formula is C83H120N22O17. The van der Waals surface area contributed by atoms with Gasteiger partial charge in [-0.15, -0.1) is 0 Å². The molecule has 12 N–H and O–H groups in total. The lowest BCUT2D eigenvalue weighted by molar-refractivity contribution is -0.145. The third-order valence-electron chi connectivity index (χ3n) is 23.2. The predicted octanol–water partition coefficient (Wildman–Crippen LogP) is 7.38. The van der Waals surface area contributed by atoms with Gasteiger partial charge in [-0.25, -0.2) is 38.9 Å². The van der Waals surface area contributed by atoms with Gasteiger partial charge in [-0.05, 0) is 159 Å². The number of nitrogens with two attached hydrogens (primary N) is 1. The maximum absolute atomic E-state index is 13.7. The molecular weight excluding hydrogens is 1580 g/mol. The minimum Gasteiger partial charge on any atom is -0.480 e. The van der Waals surface area contributed by atoms with Crippen molar-refractivity contribution in [3.8, 4) is 0 Å². The first-order valence-electron chi connectivity index (χ1n) is 42.6. The lowest BCUT2D eigenvalue weighted by atomic mass is 9.80. The molecule has 7 aliphatic heterocycles. The van der Waals surface area contributed by atoms with Crippen LogP contribution in [0.15, 0.2) is 36.8 Å². The molecule has 39 heteroatoms. The molecule has 7 fully saturated rings. The number of nitrogens with zero attached hydrogens (tertiary/aromatic N) is 13. The van der Waals surface area contributed by atoms with E-state index >= 15 is 0 Å². The molecule has 4 atom stereocenters. The summed E-state index contributed by atoms with van der Waals surface area (Å²) in [5, 5.41) is 44.1. The van der Waals surface area contributed by atoms with Crippen LogP contribution in [-0.4, -0.2) is 271 Å². The summed E-state index contributed by atoms with van der Waals surface area (Å²) in [4.78, 5) is 167. The van der Waals surface area contributed by atoms with E-state index in [1.807, 2.05) is 16.7 Å². The second-order valence-corrected chi connectivity index (χ2v) is 37.1. The van der Waals surface area contributed by atoms with Crippen LogP contribution in [0.2, 0.25) is 0 Å². The lowest BCUT2D eigenvalue weighted by Crippen LogP contribution is -2.61. The molecule has 0 radical (unpaired) electrons. The lowest BCUT2D eigenvalue weighted by Gasteiger charge is -2.43. The number of nitrogen functional groups attached to an aromatic ring is 1. The van der Waals surface area contributed by atoms with Gasteiger partial charge >= 0.3 is 36.3 Å². The Hall–Kier alpha value is -11.1. The van der Waals surface area contributed by atoms with E-state index in [1.54, 1.807) is 108 Å². The first kappa shape index (κ1) is 90.2. The highest BCUT2D eigenvalue weighted by Gasteiger charge is 2.48. The highest BCUT2D eigenvalue weighted by molar-refractivity contribution is 6.02. The standard InChI is InChI=1S/C29H41N7O6.C20H26N6O2.C15H26N2O6.C14H17N5O.C5H10N2O2/c1-27(2,3)41-25(39)34-12-13-35(26(40)42-28(4,5)6)20(16-34)23(38)33-24-30-15-18-14-19-22(37)31-17-29(10-8-7-9-11-29)36(19)21(18)32-24;27-17(13-5-4-8-21-10-13)25-19-22-11-14-9-15-18(28)23-12-20(6-2-1-3-7-20)26(15)16(14)24-19;1-14(2,3)22-12(20)16-7-8-17(10(9-16)11(18)19)13(21)23-15(4,5)6;15-13-16-7-9-6-10-12(20)17-8-14(4-2-1-3-5-14)19(10)11(9)18-13;8-5(9)4-3-6-1-2-7-4/h14-15,20H,7-13,16-17H2,1-6H3,(H,31,37)(H,30,32,33,38);9,11,13,21H,1-8,10,12H2,(H,23,28)(H,22,24,25,27);10H,7-9H2,1-6H3,(H,18,19);6-7H,1-5,8H2,(H,17,20)(H2,15,16,18);4,6-7H,1-3H2,(H,8,9)/t20-;13-;10-;;4-/m111.1/s1. The van der Waals surface area contributed by atoms with Crippen LogP contribution in [0.4, 0.5) is 37.0 Å². The molecule has 3 aliphatic carbocycles. The molecule has 0 unspecified atom stereocenters. The molecule has 3 saturated carbocycles. The number of nitrogens with one attached hydrogen (secondary N) is 8. The number of amides is 9. The van der Waals surface area contributed by atoms with Crippen LogP contribution < -0.4 is 48.3 Å². The van der Waals surface area contributed by atoms with E-state index in [-0.39, 0.29) is 97.3 Å². The Morgan fingerprint density at radius 2 is 0.828 bits per heavy atom. The van der Waals surface area contributed by atoms with Crippen molar-refractivity contribution in [1.82, 2.24) is 95.1 Å². The first-order chi connectivity index (χ1) is 57.6. The summed E-state index contributed by atoms with van der Waals surface area (Å²) in [5.41, 5.74) is 6.42. The fourth-order valence-corrected chi connectivity index (χ4v) is 17.5. The molecule has 39 nitrogen and oxygen atoms in total. The number of piperidine rings is 1. The number of anilines is 3. The van der Waals surface area contributed by atoms with E-state index in [0.717, 1.165) is 130 Å². The number of hydrogen-bond acceptors (Lipinski definition) is 25. The van der Waals surface area contributed by atoms with Gasteiger partial charge in [0.15, 0.2) is 6.04 Å². The molecule has 10 aliphatic rings. The maximum atomic E-state index is 13.7. The van der Waals surface area contributed by atoms with Crippen LogP contribution >= 0.6 is 0 Å². The van der Waals surface area contributed by atoms with Crippen molar-refractivity contribution < 1.29 is 81.9 Å². The number of ether oxygens (including phenoxy) is 4. The Bertz CT molecular complexity index is 4880. The average Bonchev–Trinajstić information content (AvgIpc) is 1.58. The van der Waals surface area contributed by atoms with Gasteiger partial charge in [-0.3, -0.25) is 49.2 Å². The Labute approximate surface area is 707 Å². The number of aliphatic carboxylic acids is 2. The smallest absolute Gasteiger partial charge is 0.411 e. The Kier molecular flexibility index (Phi) is 27.3. The van der Waals surface area contributed by atoms with E-state index in [0.29, 0.717) is 66.8 Å². The number of rotatable bonds is 6. The largest absolute Gasteiger partial charge is 0.480 e. The quantitative estimate of drug-likeness (QED) is 0.0724. The molecule has 6 aromatic heterocycles. The van der Waals surface area contributed by atoms with Crippen LogP contribution in [0.1, 0.15) is 224 Å². The van der Waals surface area contributed by atoms with E-state index in [4.69, 9.17) is 34.8 Å². The predicted molar refractivity (Wildman–Crippen MR) is 449 cm³/mol. The van der Waals surface area contributed by atoms with Crippen molar-refractivity contribution >= 4 is 117 Å². The Morgan fingerprint density at radius 3 is 1.20 bits per heavy atom. The summed E-state index contributed by atoms with van der Waals surface area (Å²) >= 11 is 0. The zero-order valence-corrected chi connectivity index (χ0v) is 72.1. The number of hydrogen-bond donors (Lipinski definition) is 11. The number of aromatic nitrogens is 9. The van der Waals surface area contributed by atoms with Crippen LogP contribution in [0.5, 0.6) is 0 Å². The van der Waals surface area contributed by atoms with Gasteiger partial charge in [-0.1, -0.05) is 57.8 Å². The van der Waals surface area contributed by atoms with Crippen molar-refractivity contribution in [2.75, 3.05) is 108 Å². The minimum absolute atomic E-state index is 0.0298. The summed E-state index contributed by atoms with van der Waals surface area (Å²) in [6.45, 7) is 26.8. The zero-order valence-electron chi connectivity index (χ0n) is 72.1. The van der Waals surface area contributed by atoms with Crippen molar-refractivity contribution in [3.05, 3.63) is 53.9 Å². The minimum atomic E-state index is -1.19. The van der Waals surface area contributed by atoms with Crippen LogP contribution in [0.25, 0.3) is 33.1 Å². The van der Waals surface area contributed by atoms with Crippen LogP contribution in [-0.2, 0) is 54.7 Å². The number of piperazine rings is 3. The highest BCUT2D eigenvalue weighted by Crippen LogP contribution is 2.44. The number of carbonyl (C=O) groups is 11. The third-order valence-corrected chi connectivity index (χ3v) is 23.2. The van der Waals surface area contributed by atoms with Gasteiger partial charge in [0.2, 0.25) is 23.8 Å². The molecule has 3 spiro atoms. The van der Waals surface area contributed by atoms with Gasteiger partial charge < -0.3 is 90.3 Å². The average molecular weight is 1700 g/mol. The molecule has 9 amide bonds. The van der Waals surface area contributed by atoms with E-state index in [2.05, 4.69) is 76.6 Å². The molecule has 122 heavy (non-hydrogen) atoms. The molecule has 4 saturated heterocycles. The number of carboxylic acid groups (broad SMARTS) is 2. The van der Waals surface area contributed by atoms with Crippen LogP contribution in [0.3, 0.4) is 0 Å². The SMILES string of the molecule is CC(C)(C)OC(=O)N1CCN(C(=O)OC(C)(C)C)[C@@H](C(=O)Nc2ncc3cc4n(c3n2)C2(CCCCC2)CNC4=O)C1.CC(C)(C)OC(=O)N1CCN(C(=O)OC(C)(C)C)[C@@H](C(=O)O)C1.Nc1ncc2cc3n(c2n1)C1(CCCCC1)CNC3=O.O=C(O)[C@H]1CNCCN1.O=C1NCC2(CCCCC2)n2c1cc1cnc(NC(=O)[C@@H]3CCCNC3)nc12. The van der Waals surface area contributed by atoms with Crippen LogP contribution in [0, 0.1) is 5.92 Å². The van der Waals surface area contributed by atoms with Crippen molar-refractivity contribution in [2.24, 2.45) is 5.92 Å². The molecule has 0 bridgehead atoms. The van der Waals surface area contributed by atoms with Gasteiger partial charge in [-0.2, -0.15) is 15.0 Å². The number of fused-ring (bicyclic) bond motifs is 12. The summed E-state index contributed by atoms with van der Waals surface area (Å²) < 4.78 is 27.8. The number of carbonyl (C=O) groups excluding carboxylic acids is 9. The van der Waals surface area contributed by atoms with E-state index < -0.39 is 82.7 Å². The topological polar surface area (TPSA) is 492 Å². The van der Waals surface area contributed by atoms with Crippen molar-refractivity contribution in [3.63, 3.8) is 0 Å². The summed E-state index contributed by atoms with van der Waals surface area (Å²) in [5.74, 6) is -2.25. The van der Waals surface area contributed by atoms with E-state index in [1.165, 1.54) is 40.4 Å². The monoisotopic (exact) mass is 1700 g/mol. The summed E-state index contributed by atoms with van der Waals surface area (Å²) in [6, 6.07) is 2.91. The van der Waals surface area contributed by atoms with E-state index in [9.17, 15) is 57.8 Å². The molecule has 664 valence electrons. The second-order valence-electron chi connectivity index (χ2n) is 37.1. The maximum Gasteiger partial charge on any atom is 0.411 e. The fraction of sp³-hybridized carbons (Fsp3) is 0.651. The van der Waals surface area contributed by atoms with Gasteiger partial charge in [0.1, 0.15) is 68.5 Å². The normalized spacial score (nSPS) is 21.7. The third kappa shape index (κ3) is 21.3. The number of carboxylic acids is 2. The first-order valence-corrected chi connectivity index (χ1v) is 42.6. The molecule has 6 aromatic rings. The molecule has 16 rings (SSSR count).